The molecule has 2 aromatic carbocycles. The number of carbonyl (C=O) groups excluding carboxylic acids is 1. The van der Waals surface area contributed by atoms with Crippen LogP contribution in [0.4, 0.5) is 0 Å². The van der Waals surface area contributed by atoms with Crippen molar-refractivity contribution in [2.45, 2.75) is 76.5 Å². The molecule has 2 aromatic rings. The number of rotatable bonds is 12. The van der Waals surface area contributed by atoms with Crippen molar-refractivity contribution in [1.29, 1.82) is 0 Å². The fraction of sp³-hybridized carbons (Fsp3) is 0.481. The van der Waals surface area contributed by atoms with Crippen LogP contribution in [-0.2, 0) is 19.6 Å². The molecule has 0 saturated heterocycles. The quantitative estimate of drug-likeness (QED) is 0.238. The number of aryl methyl sites for hydroxylation is 1. The van der Waals surface area contributed by atoms with Crippen LogP contribution in [0.3, 0.4) is 0 Å². The molecule has 0 aliphatic heterocycles. The third-order valence-corrected chi connectivity index (χ3v) is 7.69. The highest BCUT2D eigenvalue weighted by molar-refractivity contribution is 7.89. The number of hydrogen-bond acceptors (Lipinski definition) is 5. The molecule has 0 fully saturated rings. The van der Waals surface area contributed by atoms with E-state index in [1.165, 1.54) is 19.3 Å². The summed E-state index contributed by atoms with van der Waals surface area (Å²) >= 11 is 0. The predicted octanol–water partition coefficient (Wildman–Crippen LogP) is 5.70. The van der Waals surface area contributed by atoms with E-state index in [1.807, 2.05) is 31.2 Å². The molecule has 1 N–H and O–H groups in total. The Morgan fingerprint density at radius 3 is 2.56 bits per heavy atom. The highest BCUT2D eigenvalue weighted by atomic mass is 32.2. The number of benzene rings is 2. The molecule has 7 heteroatoms. The Balaban J connectivity index is 1.64. The second-order valence-corrected chi connectivity index (χ2v) is 10.8. The number of nitrogens with one attached hydrogen (secondary N) is 1. The lowest BCUT2D eigenvalue weighted by Gasteiger charge is -2.16. The largest absolute Gasteiger partial charge is 0.465 e. The van der Waals surface area contributed by atoms with Crippen molar-refractivity contribution in [2.75, 3.05) is 6.61 Å². The van der Waals surface area contributed by atoms with Crippen LogP contribution in [0.5, 0.6) is 0 Å². The van der Waals surface area contributed by atoms with Crippen LogP contribution in [0.1, 0.15) is 81.4 Å². The molecule has 6 nitrogen and oxygen atoms in total. The van der Waals surface area contributed by atoms with Crippen LogP contribution >= 0.6 is 0 Å². The molecule has 0 heterocycles. The predicted molar refractivity (Wildman–Crippen MR) is 135 cm³/mol. The van der Waals surface area contributed by atoms with Crippen LogP contribution in [0.25, 0.3) is 0 Å². The normalized spacial score (nSPS) is 17.4. The van der Waals surface area contributed by atoms with Crippen LogP contribution in [-0.4, -0.2) is 26.7 Å². The second-order valence-electron chi connectivity index (χ2n) is 9.11. The first kappa shape index (κ1) is 25.9. The molecule has 0 spiro atoms. The maximum Gasteiger partial charge on any atom is 0.306 e. The molecule has 2 atom stereocenters. The topological polar surface area (TPSA) is 84.8 Å². The highest BCUT2D eigenvalue weighted by Crippen LogP contribution is 2.36. The molecule has 184 valence electrons. The molecular weight excluding hydrogens is 448 g/mol. The van der Waals surface area contributed by atoms with Gasteiger partial charge in [0, 0.05) is 11.5 Å². The lowest BCUT2D eigenvalue weighted by atomic mass is 9.97. The van der Waals surface area contributed by atoms with E-state index in [0.717, 1.165) is 29.5 Å². The monoisotopic (exact) mass is 484 g/mol. The van der Waals surface area contributed by atoms with Crippen LogP contribution in [0.2, 0.25) is 0 Å². The van der Waals surface area contributed by atoms with Gasteiger partial charge in [0.1, 0.15) is 0 Å². The van der Waals surface area contributed by atoms with Gasteiger partial charge in [-0.05, 0) is 43.4 Å². The van der Waals surface area contributed by atoms with E-state index in [-0.39, 0.29) is 23.2 Å². The van der Waals surface area contributed by atoms with Gasteiger partial charge in [-0.2, -0.15) is 18.4 Å². The summed E-state index contributed by atoms with van der Waals surface area (Å²) in [7, 11) is -3.77. The first-order valence-electron chi connectivity index (χ1n) is 12.2. The van der Waals surface area contributed by atoms with Crippen molar-refractivity contribution in [2.24, 2.45) is 11.0 Å². The van der Waals surface area contributed by atoms with Gasteiger partial charge in [-0.1, -0.05) is 81.5 Å². The van der Waals surface area contributed by atoms with Crippen LogP contribution in [0.15, 0.2) is 58.5 Å². The molecule has 0 aromatic heterocycles. The van der Waals surface area contributed by atoms with Gasteiger partial charge in [-0.15, -0.1) is 0 Å². The van der Waals surface area contributed by atoms with Crippen molar-refractivity contribution >= 4 is 21.7 Å². The number of hydrogen-bond donors (Lipinski definition) is 1. The van der Waals surface area contributed by atoms with E-state index in [1.54, 1.807) is 24.3 Å². The van der Waals surface area contributed by atoms with Gasteiger partial charge in [0.2, 0.25) is 0 Å². The molecule has 3 rings (SSSR count). The van der Waals surface area contributed by atoms with Gasteiger partial charge in [-0.3, -0.25) is 4.79 Å². The first-order valence-corrected chi connectivity index (χ1v) is 13.7. The zero-order valence-electron chi connectivity index (χ0n) is 20.4. The summed E-state index contributed by atoms with van der Waals surface area (Å²) in [5.41, 5.74) is 3.49. The van der Waals surface area contributed by atoms with Gasteiger partial charge in [0.15, 0.2) is 0 Å². The number of fused-ring (bicyclic) bond motifs is 1. The van der Waals surface area contributed by atoms with Crippen molar-refractivity contribution in [3.8, 4) is 0 Å². The van der Waals surface area contributed by atoms with E-state index < -0.39 is 10.0 Å². The number of nitrogens with zero attached hydrogens (tertiary/aromatic N) is 1. The van der Waals surface area contributed by atoms with E-state index in [9.17, 15) is 13.2 Å². The fourth-order valence-electron chi connectivity index (χ4n) is 4.30. The fourth-order valence-corrected chi connectivity index (χ4v) is 5.13. The number of hydrazone groups is 1. The third-order valence-electron chi connectivity index (χ3n) is 6.47. The maximum atomic E-state index is 12.7. The molecule has 1 aliphatic carbocycles. The first-order chi connectivity index (χ1) is 16.3. The minimum atomic E-state index is -3.77. The Morgan fingerprint density at radius 1 is 1.12 bits per heavy atom. The Bertz CT molecular complexity index is 1090. The smallest absolute Gasteiger partial charge is 0.306 e. The van der Waals surface area contributed by atoms with Crippen molar-refractivity contribution < 1.29 is 17.9 Å². The molecular formula is C27H36N2O4S. The zero-order chi connectivity index (χ0) is 24.6. The lowest BCUT2D eigenvalue weighted by molar-refractivity contribution is -0.145. The van der Waals surface area contributed by atoms with Gasteiger partial charge in [-0.25, -0.2) is 0 Å². The maximum absolute atomic E-state index is 12.7. The van der Waals surface area contributed by atoms with E-state index >= 15 is 0 Å². The van der Waals surface area contributed by atoms with E-state index in [4.69, 9.17) is 4.74 Å². The number of sulfonamides is 1. The Kier molecular flexibility index (Phi) is 9.28. The molecule has 1 aliphatic rings. The summed E-state index contributed by atoms with van der Waals surface area (Å²) in [5.74, 6) is 0.112. The zero-order valence-corrected chi connectivity index (χ0v) is 21.2. The summed E-state index contributed by atoms with van der Waals surface area (Å²) in [6.07, 6.45) is 6.38. The summed E-state index contributed by atoms with van der Waals surface area (Å²) in [4.78, 5) is 15.2. The molecule has 0 saturated carbocycles. The van der Waals surface area contributed by atoms with Crippen molar-refractivity contribution in [3.63, 3.8) is 0 Å². The van der Waals surface area contributed by atoms with E-state index in [2.05, 4.69) is 23.8 Å². The van der Waals surface area contributed by atoms with Crippen LogP contribution in [0, 0.1) is 12.8 Å². The Morgan fingerprint density at radius 2 is 1.85 bits per heavy atom. The molecule has 0 bridgehead atoms. The third kappa shape index (κ3) is 6.92. The summed E-state index contributed by atoms with van der Waals surface area (Å²) in [6.45, 7) is 6.69. The van der Waals surface area contributed by atoms with Gasteiger partial charge in [0.25, 0.3) is 10.0 Å². The lowest BCUT2D eigenvalue weighted by Crippen LogP contribution is -2.20. The van der Waals surface area contributed by atoms with Crippen molar-refractivity contribution in [3.05, 3.63) is 65.2 Å². The molecule has 0 radical (unpaired) electrons. The number of carbonyl (C=O) groups is 1. The summed E-state index contributed by atoms with van der Waals surface area (Å²) in [5, 5.41) is 4.25. The van der Waals surface area contributed by atoms with Gasteiger partial charge >= 0.3 is 5.97 Å². The minimum absolute atomic E-state index is 0.0773. The number of esters is 1. The number of unbranched alkanes of at least 4 members (excludes halogenated alkanes) is 2. The standard InChI is InChI=1S/C27H36N2O4S/c1-4-6-7-10-21(5-2)19-33-27(30)18-22-17-26(25-12-9-8-11-24(22)25)28-29-34(31,32)23-15-13-20(3)14-16-23/h8-9,11-16,21-22,29H,4-7,10,17-19H2,1-3H3/b28-26-. The highest BCUT2D eigenvalue weighted by Gasteiger charge is 2.30. The van der Waals surface area contributed by atoms with Crippen molar-refractivity contribution in [1.82, 2.24) is 4.83 Å². The molecule has 0 amide bonds. The summed E-state index contributed by atoms with van der Waals surface area (Å²) in [6, 6.07) is 14.3. The van der Waals surface area contributed by atoms with E-state index in [0.29, 0.717) is 24.7 Å². The van der Waals surface area contributed by atoms with Gasteiger partial charge < -0.3 is 4.74 Å². The SMILES string of the molecule is CCCCCC(CC)COC(=O)CC1C/C(=N/NS(=O)(=O)c2ccc(C)cc2)c2ccccc21. The molecule has 2 unspecified atom stereocenters. The molecule has 34 heavy (non-hydrogen) atoms. The second kappa shape index (κ2) is 12.2. The van der Waals surface area contributed by atoms with Crippen LogP contribution < -0.4 is 4.83 Å². The average Bonchev–Trinajstić information content (AvgIpc) is 3.18. The Hall–Kier alpha value is -2.67. The summed E-state index contributed by atoms with van der Waals surface area (Å²) < 4.78 is 30.9. The van der Waals surface area contributed by atoms with Gasteiger partial charge in [0.05, 0.1) is 23.6 Å². The number of ether oxygens (including phenoxy) is 1. The minimum Gasteiger partial charge on any atom is -0.465 e. The Labute approximate surface area is 203 Å². The average molecular weight is 485 g/mol.